The Labute approximate surface area is 170 Å². The fraction of sp³-hybridized carbons (Fsp3) is 0.619. The summed E-state index contributed by atoms with van der Waals surface area (Å²) in [4.78, 5) is 27.5. The minimum Gasteiger partial charge on any atom is -0.361 e. The molecule has 1 aliphatic carbocycles. The van der Waals surface area contributed by atoms with Crippen LogP contribution in [0.2, 0.25) is 0 Å². The zero-order valence-corrected chi connectivity index (χ0v) is 17.5. The van der Waals surface area contributed by atoms with Crippen LogP contribution in [0.15, 0.2) is 4.52 Å². The summed E-state index contributed by atoms with van der Waals surface area (Å²) in [7, 11) is 1.84. The number of nitrogens with zero attached hydrogens (tertiary/aromatic N) is 4. The van der Waals surface area contributed by atoms with Gasteiger partial charge in [-0.15, -0.1) is 0 Å². The summed E-state index contributed by atoms with van der Waals surface area (Å²) in [6.07, 6.45) is 5.93. The second-order valence-corrected chi connectivity index (χ2v) is 8.22. The highest BCUT2D eigenvalue weighted by Gasteiger charge is 2.28. The van der Waals surface area contributed by atoms with E-state index in [1.807, 2.05) is 25.8 Å². The number of fused-ring (bicyclic) bond motifs is 1. The fourth-order valence-electron chi connectivity index (χ4n) is 4.49. The van der Waals surface area contributed by atoms with Crippen molar-refractivity contribution in [3.8, 4) is 0 Å². The molecule has 1 aliphatic heterocycles. The minimum absolute atomic E-state index is 0.0183. The van der Waals surface area contributed by atoms with E-state index in [4.69, 9.17) is 4.52 Å². The van der Waals surface area contributed by atoms with E-state index in [0.717, 1.165) is 60.4 Å². The van der Waals surface area contributed by atoms with Gasteiger partial charge in [0.1, 0.15) is 11.5 Å². The first-order valence-electron chi connectivity index (χ1n) is 10.5. The second-order valence-electron chi connectivity index (χ2n) is 8.22. The third kappa shape index (κ3) is 3.93. The Morgan fingerprint density at radius 1 is 1.21 bits per heavy atom. The average molecular weight is 399 g/mol. The lowest BCUT2D eigenvalue weighted by Gasteiger charge is -2.21. The molecule has 0 saturated carbocycles. The van der Waals surface area contributed by atoms with Crippen LogP contribution in [0.25, 0.3) is 0 Å². The number of aryl methyl sites for hydroxylation is 4. The summed E-state index contributed by atoms with van der Waals surface area (Å²) < 4.78 is 6.94. The number of amides is 2. The standard InChI is InChI=1S/C21H29N5O3/c1-13-17(14(2)29-24-13)12-26-11-10-15(8-9-19(26)27)22-21(28)20-16-6-4-5-7-18(16)23-25(20)3/h15H,4-12H2,1-3H3,(H,22,28). The summed E-state index contributed by atoms with van der Waals surface area (Å²) in [6, 6.07) is -0.0183. The first kappa shape index (κ1) is 19.7. The molecule has 29 heavy (non-hydrogen) atoms. The van der Waals surface area contributed by atoms with Crippen LogP contribution in [0.4, 0.5) is 0 Å². The van der Waals surface area contributed by atoms with Crippen molar-refractivity contribution in [3.05, 3.63) is 34.0 Å². The van der Waals surface area contributed by atoms with E-state index in [-0.39, 0.29) is 17.9 Å². The topological polar surface area (TPSA) is 93.3 Å². The van der Waals surface area contributed by atoms with E-state index in [1.165, 1.54) is 0 Å². The number of hydrogen-bond acceptors (Lipinski definition) is 5. The van der Waals surface area contributed by atoms with Gasteiger partial charge in [-0.25, -0.2) is 0 Å². The molecular weight excluding hydrogens is 370 g/mol. The van der Waals surface area contributed by atoms with Crippen LogP contribution in [0.1, 0.15) is 70.9 Å². The van der Waals surface area contributed by atoms with Crippen molar-refractivity contribution in [1.82, 2.24) is 25.2 Å². The van der Waals surface area contributed by atoms with Crippen molar-refractivity contribution in [2.24, 2.45) is 7.05 Å². The Kier molecular flexibility index (Phi) is 5.43. The smallest absolute Gasteiger partial charge is 0.270 e. The van der Waals surface area contributed by atoms with Crippen LogP contribution < -0.4 is 5.32 Å². The quantitative estimate of drug-likeness (QED) is 0.851. The first-order valence-corrected chi connectivity index (χ1v) is 10.5. The van der Waals surface area contributed by atoms with Gasteiger partial charge in [-0.3, -0.25) is 14.3 Å². The van der Waals surface area contributed by atoms with Crippen molar-refractivity contribution in [3.63, 3.8) is 0 Å². The van der Waals surface area contributed by atoms with Crippen molar-refractivity contribution in [1.29, 1.82) is 0 Å². The maximum Gasteiger partial charge on any atom is 0.270 e. The van der Waals surface area contributed by atoms with Gasteiger partial charge in [-0.1, -0.05) is 5.16 Å². The number of carbonyl (C=O) groups is 2. The van der Waals surface area contributed by atoms with E-state index < -0.39 is 0 Å². The highest BCUT2D eigenvalue weighted by Crippen LogP contribution is 2.24. The van der Waals surface area contributed by atoms with Crippen LogP contribution in [0.5, 0.6) is 0 Å². The maximum atomic E-state index is 13.0. The lowest BCUT2D eigenvalue weighted by atomic mass is 9.95. The average Bonchev–Trinajstić information content (AvgIpc) is 3.14. The number of likely N-dealkylation sites (tertiary alicyclic amines) is 1. The molecule has 156 valence electrons. The zero-order chi connectivity index (χ0) is 20.5. The van der Waals surface area contributed by atoms with Crippen LogP contribution in [-0.2, 0) is 31.2 Å². The Bertz CT molecular complexity index is 910. The molecule has 1 N–H and O–H groups in total. The Balaban J connectivity index is 1.42. The van der Waals surface area contributed by atoms with Crippen molar-refractivity contribution in [2.45, 2.75) is 71.4 Å². The van der Waals surface area contributed by atoms with E-state index in [9.17, 15) is 9.59 Å². The summed E-state index contributed by atoms with van der Waals surface area (Å²) in [5, 5.41) is 11.7. The van der Waals surface area contributed by atoms with Crippen LogP contribution in [-0.4, -0.2) is 44.2 Å². The molecule has 0 bridgehead atoms. The normalized spacial score (nSPS) is 19.8. The molecule has 4 rings (SSSR count). The molecule has 2 amide bonds. The minimum atomic E-state index is -0.0697. The van der Waals surface area contributed by atoms with Crippen LogP contribution >= 0.6 is 0 Å². The van der Waals surface area contributed by atoms with Gasteiger partial charge < -0.3 is 14.7 Å². The van der Waals surface area contributed by atoms with Gasteiger partial charge in [0.15, 0.2) is 0 Å². The molecule has 1 fully saturated rings. The molecule has 2 aliphatic rings. The highest BCUT2D eigenvalue weighted by molar-refractivity contribution is 5.94. The lowest BCUT2D eigenvalue weighted by Crippen LogP contribution is -2.37. The van der Waals surface area contributed by atoms with Crippen LogP contribution in [0.3, 0.4) is 0 Å². The first-order chi connectivity index (χ1) is 13.9. The molecule has 0 spiro atoms. The van der Waals surface area contributed by atoms with Gasteiger partial charge >= 0.3 is 0 Å². The molecular formula is C21H29N5O3. The molecule has 2 aromatic rings. The third-order valence-corrected chi connectivity index (χ3v) is 6.21. The highest BCUT2D eigenvalue weighted by atomic mass is 16.5. The molecule has 1 atom stereocenters. The molecule has 2 aromatic heterocycles. The summed E-state index contributed by atoms with van der Waals surface area (Å²) in [5.74, 6) is 0.796. The largest absolute Gasteiger partial charge is 0.361 e. The Morgan fingerprint density at radius 2 is 2.00 bits per heavy atom. The second kappa shape index (κ2) is 8.00. The number of hydrogen-bond donors (Lipinski definition) is 1. The number of carbonyl (C=O) groups excluding carboxylic acids is 2. The maximum absolute atomic E-state index is 13.0. The predicted molar refractivity (Wildman–Crippen MR) is 106 cm³/mol. The molecule has 8 nitrogen and oxygen atoms in total. The van der Waals surface area contributed by atoms with E-state index >= 15 is 0 Å². The molecule has 1 saturated heterocycles. The van der Waals surface area contributed by atoms with Gasteiger partial charge in [0.25, 0.3) is 5.91 Å². The molecule has 1 unspecified atom stereocenters. The van der Waals surface area contributed by atoms with E-state index in [0.29, 0.717) is 31.6 Å². The van der Waals surface area contributed by atoms with Crippen molar-refractivity contribution in [2.75, 3.05) is 6.54 Å². The summed E-state index contributed by atoms with van der Waals surface area (Å²) in [6.45, 7) is 4.88. The van der Waals surface area contributed by atoms with Crippen molar-refractivity contribution < 1.29 is 14.1 Å². The van der Waals surface area contributed by atoms with E-state index in [1.54, 1.807) is 4.68 Å². The Hall–Kier alpha value is -2.64. The van der Waals surface area contributed by atoms with Gasteiger partial charge in [0, 0.05) is 37.2 Å². The molecule has 0 radical (unpaired) electrons. The van der Waals surface area contributed by atoms with Gasteiger partial charge in [-0.2, -0.15) is 5.10 Å². The van der Waals surface area contributed by atoms with E-state index in [2.05, 4.69) is 15.6 Å². The molecule has 0 aromatic carbocycles. The third-order valence-electron chi connectivity index (χ3n) is 6.21. The van der Waals surface area contributed by atoms with Crippen LogP contribution in [0, 0.1) is 13.8 Å². The van der Waals surface area contributed by atoms with Gasteiger partial charge in [-0.05, 0) is 52.4 Å². The van der Waals surface area contributed by atoms with Crippen molar-refractivity contribution >= 4 is 11.8 Å². The number of nitrogens with one attached hydrogen (secondary N) is 1. The number of aromatic nitrogens is 3. The van der Waals surface area contributed by atoms with Gasteiger partial charge in [0.2, 0.25) is 5.91 Å². The SMILES string of the molecule is Cc1noc(C)c1CN1CCC(NC(=O)c2c3c(nn2C)CCCC3)CCC1=O. The Morgan fingerprint density at radius 3 is 2.76 bits per heavy atom. The molecule has 8 heteroatoms. The fourth-order valence-corrected chi connectivity index (χ4v) is 4.49. The lowest BCUT2D eigenvalue weighted by molar-refractivity contribution is -0.131. The van der Waals surface area contributed by atoms with Gasteiger partial charge in [0.05, 0.1) is 17.9 Å². The number of rotatable bonds is 4. The monoisotopic (exact) mass is 399 g/mol. The summed E-state index contributed by atoms with van der Waals surface area (Å²) >= 11 is 0. The zero-order valence-electron chi connectivity index (χ0n) is 17.5. The summed E-state index contributed by atoms with van der Waals surface area (Å²) in [5.41, 5.74) is 4.64. The predicted octanol–water partition coefficient (Wildman–Crippen LogP) is 2.21. The molecule has 3 heterocycles.